The largest absolute Gasteiger partial charge is 0.302 e. The molecule has 0 aromatic rings. The molecule has 2 heteroatoms. The molecule has 12 heavy (non-hydrogen) atoms. The lowest BCUT2D eigenvalue weighted by atomic mass is 10.2. The molecule has 68 valence electrons. The fourth-order valence-electron chi connectivity index (χ4n) is 1.27. The predicted molar refractivity (Wildman–Crippen MR) is 56.6 cm³/mol. The van der Waals surface area contributed by atoms with Crippen molar-refractivity contribution >= 4 is 17.2 Å². The Morgan fingerprint density at radius 3 is 2.58 bits per heavy atom. The van der Waals surface area contributed by atoms with Crippen LogP contribution in [0.1, 0.15) is 26.2 Å². The highest BCUT2D eigenvalue weighted by Crippen LogP contribution is 2.39. The number of allylic oxidation sites excluding steroid dienone is 2. The van der Waals surface area contributed by atoms with Crippen molar-refractivity contribution in [2.45, 2.75) is 31.4 Å². The van der Waals surface area contributed by atoms with Crippen LogP contribution in [0.2, 0.25) is 0 Å². The van der Waals surface area contributed by atoms with Gasteiger partial charge in [-0.05, 0) is 17.2 Å². The number of aldehydes is 1. The maximum atomic E-state index is 10.7. The summed E-state index contributed by atoms with van der Waals surface area (Å²) in [5.41, 5.74) is 0. The molecule has 0 saturated heterocycles. The van der Waals surface area contributed by atoms with Crippen LogP contribution in [-0.4, -0.2) is 11.5 Å². The summed E-state index contributed by atoms with van der Waals surface area (Å²) in [6, 6.07) is 0. The van der Waals surface area contributed by atoms with Crippen LogP contribution >= 0.6 is 10.9 Å². The molecule has 0 aromatic heterocycles. The van der Waals surface area contributed by atoms with E-state index < -0.39 is 0 Å². The van der Waals surface area contributed by atoms with Crippen LogP contribution in [0.25, 0.3) is 0 Å². The monoisotopic (exact) mass is 184 g/mol. The summed E-state index contributed by atoms with van der Waals surface area (Å²) in [5, 5.41) is 4.61. The van der Waals surface area contributed by atoms with E-state index >= 15 is 0 Å². The molecule has 0 saturated carbocycles. The normalized spacial score (nSPS) is 19.9. The zero-order valence-electron chi connectivity index (χ0n) is 7.44. The van der Waals surface area contributed by atoms with Crippen molar-refractivity contribution in [1.29, 1.82) is 0 Å². The van der Waals surface area contributed by atoms with Crippen LogP contribution < -0.4 is 0 Å². The molecule has 0 radical (unpaired) electrons. The lowest BCUT2D eigenvalue weighted by Crippen LogP contribution is -2.06. The lowest BCUT2D eigenvalue weighted by Gasteiger charge is -2.17. The van der Waals surface area contributed by atoms with Crippen molar-refractivity contribution in [3.05, 3.63) is 23.0 Å². The summed E-state index contributed by atoms with van der Waals surface area (Å²) in [7, 11) is -0.249. The van der Waals surface area contributed by atoms with Gasteiger partial charge in [0.2, 0.25) is 0 Å². The van der Waals surface area contributed by atoms with Gasteiger partial charge in [-0.3, -0.25) is 0 Å². The van der Waals surface area contributed by atoms with Gasteiger partial charge in [0.25, 0.3) is 0 Å². The molecule has 1 nitrogen and oxygen atoms in total. The Kier molecular flexibility index (Phi) is 4.15. The summed E-state index contributed by atoms with van der Waals surface area (Å²) < 4.78 is 0. The van der Waals surface area contributed by atoms with E-state index in [9.17, 15) is 4.79 Å². The highest BCUT2D eigenvalue weighted by molar-refractivity contribution is 8.23. The van der Waals surface area contributed by atoms with E-state index in [0.717, 1.165) is 12.7 Å². The van der Waals surface area contributed by atoms with Crippen LogP contribution in [0, 0.1) is 0 Å². The number of hydrogen-bond donors (Lipinski definition) is 1. The van der Waals surface area contributed by atoms with Gasteiger partial charge < -0.3 is 4.79 Å². The Morgan fingerprint density at radius 1 is 1.42 bits per heavy atom. The molecule has 0 amide bonds. The van der Waals surface area contributed by atoms with E-state index in [1.54, 1.807) is 0 Å². The first-order valence-corrected chi connectivity index (χ1v) is 6.01. The van der Waals surface area contributed by atoms with Gasteiger partial charge >= 0.3 is 0 Å². The standard InChI is InChI=1S/C10H16OS/c1-2-3-6-10(9-11)12-7-4-5-8-12/h4-5,7-10,12H,2-3,6H2,1H3. The molecule has 1 atom stereocenters. The van der Waals surface area contributed by atoms with E-state index in [0.29, 0.717) is 0 Å². The van der Waals surface area contributed by atoms with Gasteiger partial charge in [-0.1, -0.05) is 31.9 Å². The van der Waals surface area contributed by atoms with Crippen molar-refractivity contribution in [2.75, 3.05) is 0 Å². The van der Waals surface area contributed by atoms with E-state index in [-0.39, 0.29) is 16.1 Å². The molecule has 0 spiro atoms. The first-order chi connectivity index (χ1) is 5.88. The van der Waals surface area contributed by atoms with Crippen molar-refractivity contribution in [3.8, 4) is 0 Å². The average Bonchev–Trinajstić information content (AvgIpc) is 2.59. The Hall–Kier alpha value is -0.500. The summed E-state index contributed by atoms with van der Waals surface area (Å²) in [4.78, 5) is 10.7. The van der Waals surface area contributed by atoms with Crippen LogP contribution in [-0.2, 0) is 4.79 Å². The van der Waals surface area contributed by atoms with Crippen LogP contribution in [0.3, 0.4) is 0 Å². The second kappa shape index (κ2) is 5.20. The quantitative estimate of drug-likeness (QED) is 0.513. The number of rotatable bonds is 5. The third kappa shape index (κ3) is 2.52. The number of thiol groups is 1. The molecule has 0 bridgehead atoms. The van der Waals surface area contributed by atoms with Gasteiger partial charge in [0.05, 0.1) is 0 Å². The zero-order valence-corrected chi connectivity index (χ0v) is 8.34. The van der Waals surface area contributed by atoms with Crippen molar-refractivity contribution < 1.29 is 4.79 Å². The molecule has 0 fully saturated rings. The Balaban J connectivity index is 2.39. The Bertz CT molecular complexity index is 184. The van der Waals surface area contributed by atoms with Crippen LogP contribution in [0.4, 0.5) is 0 Å². The fourth-order valence-corrected chi connectivity index (χ4v) is 3.03. The third-order valence-electron chi connectivity index (χ3n) is 2.02. The van der Waals surface area contributed by atoms with Gasteiger partial charge in [-0.15, -0.1) is 0 Å². The number of hydrogen-bond acceptors (Lipinski definition) is 1. The summed E-state index contributed by atoms with van der Waals surface area (Å²) in [6.45, 7) is 2.16. The first-order valence-electron chi connectivity index (χ1n) is 4.46. The molecule has 0 aromatic carbocycles. The maximum absolute atomic E-state index is 10.7. The van der Waals surface area contributed by atoms with Gasteiger partial charge in [0.15, 0.2) is 0 Å². The number of carbonyl (C=O) groups excluding carboxylic acids is 1. The Morgan fingerprint density at radius 2 is 2.08 bits per heavy atom. The van der Waals surface area contributed by atoms with Gasteiger partial charge in [0.1, 0.15) is 6.29 Å². The highest BCUT2D eigenvalue weighted by Gasteiger charge is 2.12. The molecule has 1 aliphatic rings. The van der Waals surface area contributed by atoms with Gasteiger partial charge in [-0.25, -0.2) is 10.9 Å². The minimum absolute atomic E-state index is 0.249. The topological polar surface area (TPSA) is 17.1 Å². The predicted octanol–water partition coefficient (Wildman–Crippen LogP) is 2.79. The summed E-state index contributed by atoms with van der Waals surface area (Å²) in [5.74, 6) is 0. The summed E-state index contributed by atoms with van der Waals surface area (Å²) in [6.07, 6.45) is 8.63. The minimum atomic E-state index is -0.249. The molecule has 1 heterocycles. The molecule has 1 rings (SSSR count). The fraction of sp³-hybridized carbons (Fsp3) is 0.500. The molecular formula is C10H16OS. The lowest BCUT2D eigenvalue weighted by molar-refractivity contribution is -0.107. The smallest absolute Gasteiger partial charge is 0.131 e. The summed E-state index contributed by atoms with van der Waals surface area (Å²) >= 11 is 0. The minimum Gasteiger partial charge on any atom is -0.302 e. The molecular weight excluding hydrogens is 168 g/mol. The van der Waals surface area contributed by atoms with E-state index in [1.807, 2.05) is 12.2 Å². The molecule has 0 aliphatic carbocycles. The average molecular weight is 184 g/mol. The second-order valence-electron chi connectivity index (χ2n) is 2.98. The molecule has 1 aliphatic heterocycles. The zero-order chi connectivity index (χ0) is 8.81. The van der Waals surface area contributed by atoms with Gasteiger partial charge in [0, 0.05) is 5.25 Å². The first kappa shape index (κ1) is 9.59. The molecule has 0 N–H and O–H groups in total. The maximum Gasteiger partial charge on any atom is 0.131 e. The van der Waals surface area contributed by atoms with Crippen molar-refractivity contribution in [1.82, 2.24) is 0 Å². The highest BCUT2D eigenvalue weighted by atomic mass is 32.2. The van der Waals surface area contributed by atoms with Crippen LogP contribution in [0.15, 0.2) is 23.0 Å². The van der Waals surface area contributed by atoms with Crippen LogP contribution in [0.5, 0.6) is 0 Å². The SMILES string of the molecule is CCCCC(C=O)[SH]1C=CC=C1. The van der Waals surface area contributed by atoms with E-state index in [1.165, 1.54) is 12.8 Å². The van der Waals surface area contributed by atoms with E-state index in [4.69, 9.17) is 0 Å². The van der Waals surface area contributed by atoms with E-state index in [2.05, 4.69) is 17.7 Å². The number of unbranched alkanes of at least 4 members (excludes halogenated alkanes) is 1. The third-order valence-corrected chi connectivity index (χ3v) is 4.20. The van der Waals surface area contributed by atoms with Crippen molar-refractivity contribution in [3.63, 3.8) is 0 Å². The number of carbonyl (C=O) groups is 1. The van der Waals surface area contributed by atoms with Gasteiger partial charge in [-0.2, -0.15) is 0 Å². The Labute approximate surface area is 76.9 Å². The van der Waals surface area contributed by atoms with Crippen molar-refractivity contribution in [2.24, 2.45) is 0 Å². The molecule has 1 unspecified atom stereocenters. The second-order valence-corrected chi connectivity index (χ2v) is 5.13.